The van der Waals surface area contributed by atoms with Gasteiger partial charge in [-0.3, -0.25) is 4.90 Å². The van der Waals surface area contributed by atoms with E-state index in [0.717, 1.165) is 55.2 Å². The maximum Gasteiger partial charge on any atom is 0.296 e. The molecule has 1 aliphatic rings. The number of aliphatic hydroxyl groups is 2. The molecular formula is C30H38N4O6. The van der Waals surface area contributed by atoms with Crippen LogP contribution in [0.25, 0.3) is 16.8 Å². The van der Waals surface area contributed by atoms with Crippen LogP contribution in [0.15, 0.2) is 59.3 Å². The Kier molecular flexibility index (Phi) is 9.10. The van der Waals surface area contributed by atoms with E-state index in [1.54, 1.807) is 6.07 Å². The fraction of sp³-hybridized carbons (Fsp3) is 0.433. The second kappa shape index (κ2) is 13.1. The van der Waals surface area contributed by atoms with Crippen molar-refractivity contribution in [3.05, 3.63) is 60.4 Å². The first-order chi connectivity index (χ1) is 19.6. The predicted octanol–water partition coefficient (Wildman–Crippen LogP) is 4.22. The lowest BCUT2D eigenvalue weighted by atomic mass is 10.0. The zero-order valence-corrected chi connectivity index (χ0v) is 23.1. The largest absolute Gasteiger partial charge is 0.492 e. The molecule has 0 saturated carbocycles. The monoisotopic (exact) mass is 550 g/mol. The topological polar surface area (TPSA) is 114 Å². The number of fused-ring (bicyclic) bond motifs is 1. The number of likely N-dealkylation sites (tertiary alicyclic amines) is 1. The Morgan fingerprint density at radius 2 is 1.70 bits per heavy atom. The average Bonchev–Trinajstić information content (AvgIpc) is 3.63. The van der Waals surface area contributed by atoms with Crippen molar-refractivity contribution in [1.82, 2.24) is 14.5 Å². The van der Waals surface area contributed by atoms with Crippen LogP contribution in [-0.2, 0) is 6.54 Å². The number of hydrogen-bond donors (Lipinski definition) is 3. The lowest BCUT2D eigenvalue weighted by Crippen LogP contribution is -2.38. The molecule has 0 aliphatic carbocycles. The molecule has 40 heavy (non-hydrogen) atoms. The summed E-state index contributed by atoms with van der Waals surface area (Å²) < 4.78 is 25.7. The van der Waals surface area contributed by atoms with Crippen molar-refractivity contribution >= 4 is 17.1 Å². The highest BCUT2D eigenvalue weighted by atomic mass is 16.5. The highest BCUT2D eigenvalue weighted by molar-refractivity contribution is 5.80. The van der Waals surface area contributed by atoms with Gasteiger partial charge in [0.15, 0.2) is 11.3 Å². The van der Waals surface area contributed by atoms with E-state index in [-0.39, 0.29) is 19.3 Å². The fourth-order valence-electron chi connectivity index (χ4n) is 5.00. The van der Waals surface area contributed by atoms with Gasteiger partial charge in [-0.1, -0.05) is 6.07 Å². The Morgan fingerprint density at radius 1 is 1.00 bits per heavy atom. The van der Waals surface area contributed by atoms with Gasteiger partial charge < -0.3 is 38.7 Å². The zero-order valence-electron chi connectivity index (χ0n) is 23.1. The predicted molar refractivity (Wildman–Crippen MR) is 153 cm³/mol. The summed E-state index contributed by atoms with van der Waals surface area (Å²) in [4.78, 5) is 7.02. The van der Waals surface area contributed by atoms with E-state index in [9.17, 15) is 5.11 Å². The van der Waals surface area contributed by atoms with E-state index in [4.69, 9.17) is 23.7 Å². The number of oxazole rings is 1. The number of para-hydroxylation sites is 1. The van der Waals surface area contributed by atoms with Gasteiger partial charge in [-0.2, -0.15) is 4.98 Å². The van der Waals surface area contributed by atoms with Crippen LogP contribution < -0.4 is 19.5 Å². The van der Waals surface area contributed by atoms with Gasteiger partial charge in [-0.25, -0.2) is 0 Å². The molecule has 1 unspecified atom stereocenters. The summed E-state index contributed by atoms with van der Waals surface area (Å²) in [5, 5.41) is 22.1. The highest BCUT2D eigenvalue weighted by Gasteiger charge is 2.23. The van der Waals surface area contributed by atoms with Crippen molar-refractivity contribution in [2.75, 3.05) is 44.8 Å². The first-order valence-corrected chi connectivity index (χ1v) is 13.9. The van der Waals surface area contributed by atoms with Gasteiger partial charge in [0, 0.05) is 38.1 Å². The van der Waals surface area contributed by atoms with Crippen LogP contribution in [-0.4, -0.2) is 76.3 Å². The Bertz CT molecular complexity index is 1340. The first kappa shape index (κ1) is 27.8. The molecule has 0 amide bonds. The quantitative estimate of drug-likeness (QED) is 0.225. The summed E-state index contributed by atoms with van der Waals surface area (Å²) in [6, 6.07) is 14.4. The van der Waals surface area contributed by atoms with Gasteiger partial charge in [0.2, 0.25) is 0 Å². The van der Waals surface area contributed by atoms with Crippen LogP contribution in [0.5, 0.6) is 17.2 Å². The Hall–Kier alpha value is -3.73. The van der Waals surface area contributed by atoms with Gasteiger partial charge in [0.1, 0.15) is 35.4 Å². The maximum absolute atomic E-state index is 9.60. The van der Waals surface area contributed by atoms with E-state index < -0.39 is 6.10 Å². The van der Waals surface area contributed by atoms with Crippen LogP contribution >= 0.6 is 0 Å². The number of anilines is 1. The number of hydrogen-bond acceptors (Lipinski definition) is 9. The normalized spacial score (nSPS) is 15.3. The molecule has 4 aromatic rings. The molecule has 1 saturated heterocycles. The number of rotatable bonds is 13. The average molecular weight is 551 g/mol. The Morgan fingerprint density at radius 3 is 2.35 bits per heavy atom. The number of ether oxygens (including phenoxy) is 3. The Labute approximate surface area is 234 Å². The minimum absolute atomic E-state index is 0.0231. The molecule has 10 heteroatoms. The van der Waals surface area contributed by atoms with Crippen LogP contribution in [0, 0.1) is 0 Å². The molecule has 1 fully saturated rings. The number of benzene rings is 2. The smallest absolute Gasteiger partial charge is 0.296 e. The molecule has 2 aromatic carbocycles. The number of piperidine rings is 1. The number of nitrogens with zero attached hydrogens (tertiary/aromatic N) is 3. The standard InChI is InChI=1S/C30H38N4O6/c1-3-37-26-16-21(17-27(38-4-2)28(26)34-12-5-6-13-34)18-33-14-10-22(11-15-33)31-30-32-24-8-7-9-25(29(24)40-30)39-20-23(36)19-35/h5-9,12-13,16-17,22-23,35-36H,3-4,10-11,14-15,18-20H2,1-2H3,(H,31,32). The minimum Gasteiger partial charge on any atom is -0.492 e. The summed E-state index contributed by atoms with van der Waals surface area (Å²) in [6.07, 6.45) is 4.95. The van der Waals surface area contributed by atoms with Crippen LogP contribution in [0.4, 0.5) is 6.01 Å². The first-order valence-electron chi connectivity index (χ1n) is 13.9. The van der Waals surface area contributed by atoms with Gasteiger partial charge >= 0.3 is 0 Å². The second-order valence-electron chi connectivity index (χ2n) is 9.86. The van der Waals surface area contributed by atoms with Gasteiger partial charge in [-0.15, -0.1) is 0 Å². The molecule has 214 valence electrons. The summed E-state index contributed by atoms with van der Waals surface area (Å²) in [6.45, 7) is 7.43. The highest BCUT2D eigenvalue weighted by Crippen LogP contribution is 2.36. The third-order valence-corrected chi connectivity index (χ3v) is 6.90. The van der Waals surface area contributed by atoms with Crippen molar-refractivity contribution < 1.29 is 28.8 Å². The fourth-order valence-corrected chi connectivity index (χ4v) is 5.00. The lowest BCUT2D eigenvalue weighted by Gasteiger charge is -2.32. The second-order valence-corrected chi connectivity index (χ2v) is 9.86. The Balaban J connectivity index is 1.22. The molecule has 1 atom stereocenters. The molecule has 0 radical (unpaired) electrons. The van der Waals surface area contributed by atoms with E-state index in [1.165, 1.54) is 0 Å². The third-order valence-electron chi connectivity index (χ3n) is 6.90. The molecule has 10 nitrogen and oxygen atoms in total. The lowest BCUT2D eigenvalue weighted by molar-refractivity contribution is 0.0538. The number of aliphatic hydroxyl groups excluding tert-OH is 2. The van der Waals surface area contributed by atoms with Gasteiger partial charge in [0.25, 0.3) is 6.01 Å². The van der Waals surface area contributed by atoms with E-state index in [2.05, 4.69) is 27.3 Å². The molecule has 0 bridgehead atoms. The van der Waals surface area contributed by atoms with Gasteiger partial charge in [0.05, 0.1) is 19.8 Å². The number of nitrogens with one attached hydrogen (secondary N) is 1. The van der Waals surface area contributed by atoms with E-state index in [1.807, 2.05) is 55.1 Å². The SMILES string of the molecule is CCOc1cc(CN2CCC(Nc3nc4cccc(OCC(O)CO)c4o3)CC2)cc(OCC)c1-n1cccc1. The van der Waals surface area contributed by atoms with E-state index in [0.29, 0.717) is 36.1 Å². The third kappa shape index (κ3) is 6.52. The summed E-state index contributed by atoms with van der Waals surface area (Å²) in [5.74, 6) is 2.13. The van der Waals surface area contributed by atoms with Crippen LogP contribution in [0.3, 0.4) is 0 Å². The van der Waals surface area contributed by atoms with Crippen molar-refractivity contribution in [3.8, 4) is 22.9 Å². The summed E-state index contributed by atoms with van der Waals surface area (Å²) in [5.41, 5.74) is 3.28. The summed E-state index contributed by atoms with van der Waals surface area (Å²) >= 11 is 0. The van der Waals surface area contributed by atoms with E-state index >= 15 is 0 Å². The minimum atomic E-state index is -0.949. The molecule has 5 rings (SSSR count). The molecule has 2 aromatic heterocycles. The molecule has 3 N–H and O–H groups in total. The molecule has 1 aliphatic heterocycles. The van der Waals surface area contributed by atoms with Crippen LogP contribution in [0.1, 0.15) is 32.3 Å². The van der Waals surface area contributed by atoms with Crippen molar-refractivity contribution in [1.29, 1.82) is 0 Å². The van der Waals surface area contributed by atoms with Crippen molar-refractivity contribution in [2.24, 2.45) is 0 Å². The molecular weight excluding hydrogens is 512 g/mol. The van der Waals surface area contributed by atoms with Crippen LogP contribution in [0.2, 0.25) is 0 Å². The zero-order chi connectivity index (χ0) is 27.9. The number of aromatic nitrogens is 2. The maximum atomic E-state index is 9.60. The molecule has 0 spiro atoms. The summed E-state index contributed by atoms with van der Waals surface area (Å²) in [7, 11) is 0. The van der Waals surface area contributed by atoms with Crippen molar-refractivity contribution in [3.63, 3.8) is 0 Å². The van der Waals surface area contributed by atoms with Gasteiger partial charge in [-0.05, 0) is 68.7 Å². The molecule has 3 heterocycles. The van der Waals surface area contributed by atoms with Crippen molar-refractivity contribution in [2.45, 2.75) is 45.4 Å².